The van der Waals surface area contributed by atoms with Crippen LogP contribution in [0.3, 0.4) is 0 Å². The Hall–Kier alpha value is -2.35. The predicted octanol–water partition coefficient (Wildman–Crippen LogP) is 3.84. The zero-order valence-corrected chi connectivity index (χ0v) is 10.0. The van der Waals surface area contributed by atoms with E-state index >= 15 is 0 Å². The summed E-state index contributed by atoms with van der Waals surface area (Å²) in [5.74, 6) is 0.0714. The minimum Gasteiger partial charge on any atom is -0.360 e. The second-order valence-electron chi connectivity index (χ2n) is 4.29. The number of carbonyl (C=O) groups is 1. The predicted molar refractivity (Wildman–Crippen MR) is 72.6 cm³/mol. The first-order chi connectivity index (χ1) is 8.75. The SMILES string of the molecule is CC(=O)c1c[nH]c2[c]c(-c3ccccc3)ccc12. The number of rotatable bonds is 2. The van der Waals surface area contributed by atoms with Crippen molar-refractivity contribution >= 4 is 16.7 Å². The van der Waals surface area contributed by atoms with Crippen LogP contribution in [-0.2, 0) is 0 Å². The van der Waals surface area contributed by atoms with Crippen LogP contribution in [0.4, 0.5) is 0 Å². The van der Waals surface area contributed by atoms with Crippen molar-refractivity contribution in [3.8, 4) is 11.1 Å². The van der Waals surface area contributed by atoms with E-state index in [9.17, 15) is 4.79 Å². The molecule has 87 valence electrons. The number of carbonyl (C=O) groups excluding carboxylic acids is 1. The number of nitrogens with one attached hydrogen (secondary N) is 1. The number of Topliss-reactive ketones (excluding diaryl/α,β-unsaturated/α-hetero) is 1. The molecule has 0 spiro atoms. The number of H-pyrrole nitrogens is 1. The molecule has 0 aliphatic heterocycles. The van der Waals surface area contributed by atoms with Crippen LogP contribution in [0.1, 0.15) is 17.3 Å². The van der Waals surface area contributed by atoms with E-state index in [0.29, 0.717) is 0 Å². The van der Waals surface area contributed by atoms with Crippen LogP contribution in [0.15, 0.2) is 48.7 Å². The lowest BCUT2D eigenvalue weighted by atomic mass is 10.0. The molecule has 0 saturated carbocycles. The van der Waals surface area contributed by atoms with Gasteiger partial charge in [-0.1, -0.05) is 42.5 Å². The summed E-state index contributed by atoms with van der Waals surface area (Å²) in [7, 11) is 0. The molecule has 0 amide bonds. The minimum atomic E-state index is 0.0714. The van der Waals surface area contributed by atoms with E-state index in [1.807, 2.05) is 42.5 Å². The first-order valence-electron chi connectivity index (χ1n) is 5.85. The summed E-state index contributed by atoms with van der Waals surface area (Å²) in [4.78, 5) is 14.5. The Morgan fingerprint density at radius 1 is 1.11 bits per heavy atom. The molecular formula is C16H12NO. The van der Waals surface area contributed by atoms with Crippen LogP contribution >= 0.6 is 0 Å². The van der Waals surface area contributed by atoms with Gasteiger partial charge in [-0.15, -0.1) is 0 Å². The van der Waals surface area contributed by atoms with Gasteiger partial charge in [-0.25, -0.2) is 0 Å². The maximum Gasteiger partial charge on any atom is 0.161 e. The molecule has 0 aliphatic carbocycles. The van der Waals surface area contributed by atoms with Crippen LogP contribution in [-0.4, -0.2) is 10.8 Å². The Labute approximate surface area is 105 Å². The molecule has 1 heterocycles. The normalized spacial score (nSPS) is 10.7. The molecular weight excluding hydrogens is 222 g/mol. The van der Waals surface area contributed by atoms with Crippen LogP contribution in [0, 0.1) is 6.07 Å². The molecule has 3 rings (SSSR count). The lowest BCUT2D eigenvalue weighted by Gasteiger charge is -2.01. The zero-order chi connectivity index (χ0) is 12.5. The Bertz CT molecular complexity index is 710. The van der Waals surface area contributed by atoms with Gasteiger partial charge in [0.05, 0.1) is 5.52 Å². The maximum absolute atomic E-state index is 11.4. The third kappa shape index (κ3) is 1.72. The van der Waals surface area contributed by atoms with Crippen molar-refractivity contribution in [2.75, 3.05) is 0 Å². The largest absolute Gasteiger partial charge is 0.360 e. The molecule has 1 radical (unpaired) electrons. The Morgan fingerprint density at radius 3 is 2.61 bits per heavy atom. The molecule has 18 heavy (non-hydrogen) atoms. The van der Waals surface area contributed by atoms with Gasteiger partial charge < -0.3 is 4.98 Å². The molecule has 0 unspecified atom stereocenters. The third-order valence-electron chi connectivity index (χ3n) is 3.06. The number of aromatic nitrogens is 1. The maximum atomic E-state index is 11.4. The van der Waals surface area contributed by atoms with Crippen LogP contribution < -0.4 is 0 Å². The minimum absolute atomic E-state index is 0.0714. The number of aromatic amines is 1. The fourth-order valence-corrected chi connectivity index (χ4v) is 2.13. The van der Waals surface area contributed by atoms with Gasteiger partial charge in [-0.05, 0) is 18.1 Å². The van der Waals surface area contributed by atoms with E-state index in [0.717, 1.165) is 27.6 Å². The lowest BCUT2D eigenvalue weighted by Crippen LogP contribution is -1.88. The topological polar surface area (TPSA) is 32.9 Å². The molecule has 0 saturated heterocycles. The van der Waals surface area contributed by atoms with Gasteiger partial charge >= 0.3 is 0 Å². The van der Waals surface area contributed by atoms with Crippen molar-refractivity contribution in [2.24, 2.45) is 0 Å². The highest BCUT2D eigenvalue weighted by molar-refractivity contribution is 6.07. The van der Waals surface area contributed by atoms with E-state index in [1.54, 1.807) is 13.1 Å². The summed E-state index contributed by atoms with van der Waals surface area (Å²) < 4.78 is 0. The molecule has 1 N–H and O–H groups in total. The number of benzene rings is 2. The molecule has 2 aromatic carbocycles. The average Bonchev–Trinajstić information content (AvgIpc) is 2.82. The average molecular weight is 234 g/mol. The van der Waals surface area contributed by atoms with Crippen LogP contribution in [0.5, 0.6) is 0 Å². The Kier molecular flexibility index (Phi) is 2.49. The summed E-state index contributed by atoms with van der Waals surface area (Å²) >= 11 is 0. The highest BCUT2D eigenvalue weighted by Gasteiger charge is 2.08. The molecule has 2 heteroatoms. The fourth-order valence-electron chi connectivity index (χ4n) is 2.13. The number of ketones is 1. The second kappa shape index (κ2) is 4.15. The van der Waals surface area contributed by atoms with Crippen molar-refractivity contribution in [2.45, 2.75) is 6.92 Å². The van der Waals surface area contributed by atoms with E-state index in [1.165, 1.54) is 0 Å². The first-order valence-corrected chi connectivity index (χ1v) is 5.85. The fraction of sp³-hybridized carbons (Fsp3) is 0.0625. The standard InChI is InChI=1S/C16H12NO/c1-11(18)15-10-17-16-9-13(7-8-14(15)16)12-5-3-2-4-6-12/h2-8,10,17H,1H3. The molecule has 0 aliphatic rings. The second-order valence-corrected chi connectivity index (χ2v) is 4.29. The van der Waals surface area contributed by atoms with Crippen molar-refractivity contribution in [1.82, 2.24) is 4.98 Å². The van der Waals surface area contributed by atoms with Gasteiger partial charge in [-0.2, -0.15) is 0 Å². The molecule has 0 bridgehead atoms. The summed E-state index contributed by atoms with van der Waals surface area (Å²) in [6.07, 6.45) is 1.75. The third-order valence-corrected chi connectivity index (χ3v) is 3.06. The number of hydrogen-bond donors (Lipinski definition) is 1. The number of fused-ring (bicyclic) bond motifs is 1. The van der Waals surface area contributed by atoms with Crippen molar-refractivity contribution in [1.29, 1.82) is 0 Å². The van der Waals surface area contributed by atoms with Crippen molar-refractivity contribution in [3.05, 3.63) is 60.3 Å². The number of hydrogen-bond acceptors (Lipinski definition) is 1. The Morgan fingerprint density at radius 2 is 1.89 bits per heavy atom. The lowest BCUT2D eigenvalue weighted by molar-refractivity contribution is 0.101. The van der Waals surface area contributed by atoms with E-state index in [4.69, 9.17) is 0 Å². The van der Waals surface area contributed by atoms with E-state index in [2.05, 4.69) is 11.1 Å². The van der Waals surface area contributed by atoms with Crippen molar-refractivity contribution < 1.29 is 4.79 Å². The van der Waals surface area contributed by atoms with Crippen molar-refractivity contribution in [3.63, 3.8) is 0 Å². The summed E-state index contributed by atoms with van der Waals surface area (Å²) in [6, 6.07) is 17.4. The highest BCUT2D eigenvalue weighted by Crippen LogP contribution is 2.25. The summed E-state index contributed by atoms with van der Waals surface area (Å²) in [6.45, 7) is 1.58. The molecule has 2 nitrogen and oxygen atoms in total. The van der Waals surface area contributed by atoms with Gasteiger partial charge in [0.2, 0.25) is 0 Å². The summed E-state index contributed by atoms with van der Waals surface area (Å²) in [5, 5.41) is 0.933. The van der Waals surface area contributed by atoms with Gasteiger partial charge in [0.15, 0.2) is 5.78 Å². The zero-order valence-electron chi connectivity index (χ0n) is 10.0. The quantitative estimate of drug-likeness (QED) is 0.671. The van der Waals surface area contributed by atoms with Gasteiger partial charge in [0.25, 0.3) is 0 Å². The molecule has 1 aromatic heterocycles. The summed E-state index contributed by atoms with van der Waals surface area (Å²) in [5.41, 5.74) is 3.75. The first kappa shape index (κ1) is 10.8. The molecule has 3 aromatic rings. The highest BCUT2D eigenvalue weighted by atomic mass is 16.1. The van der Waals surface area contributed by atoms with Gasteiger partial charge in [0, 0.05) is 23.2 Å². The smallest absolute Gasteiger partial charge is 0.161 e. The van der Waals surface area contributed by atoms with Crippen LogP contribution in [0.2, 0.25) is 0 Å². The monoisotopic (exact) mass is 234 g/mol. The van der Waals surface area contributed by atoms with Gasteiger partial charge in [-0.3, -0.25) is 4.79 Å². The van der Waals surface area contributed by atoms with Crippen LogP contribution in [0.25, 0.3) is 22.0 Å². The van der Waals surface area contributed by atoms with E-state index in [-0.39, 0.29) is 5.78 Å². The van der Waals surface area contributed by atoms with Gasteiger partial charge in [0.1, 0.15) is 0 Å². The Balaban J connectivity index is 2.16. The molecule has 0 fully saturated rings. The van der Waals surface area contributed by atoms with E-state index < -0.39 is 0 Å². The molecule has 0 atom stereocenters.